The van der Waals surface area contributed by atoms with E-state index in [0.717, 1.165) is 17.2 Å². The minimum absolute atomic E-state index is 0.562. The van der Waals surface area contributed by atoms with E-state index in [0.29, 0.717) is 19.6 Å². The molecule has 0 radical (unpaired) electrons. The highest BCUT2D eigenvalue weighted by Gasteiger charge is 2.19. The number of aliphatic hydroxyl groups is 1. The van der Waals surface area contributed by atoms with Gasteiger partial charge in [-0.15, -0.1) is 11.3 Å². The van der Waals surface area contributed by atoms with Gasteiger partial charge in [0, 0.05) is 38.1 Å². The molecule has 0 aromatic carbocycles. The van der Waals surface area contributed by atoms with Crippen LogP contribution in [0, 0.1) is 13.8 Å². The zero-order chi connectivity index (χ0) is 12.9. The molecule has 0 aliphatic rings. The van der Waals surface area contributed by atoms with Gasteiger partial charge in [-0.1, -0.05) is 0 Å². The lowest BCUT2D eigenvalue weighted by atomic mass is 10.0. The van der Waals surface area contributed by atoms with E-state index in [1.807, 2.05) is 20.8 Å². The van der Waals surface area contributed by atoms with E-state index >= 15 is 0 Å². The molecule has 0 saturated heterocycles. The van der Waals surface area contributed by atoms with Crippen LogP contribution in [0.2, 0.25) is 0 Å². The molecule has 4 nitrogen and oxygen atoms in total. The molecule has 17 heavy (non-hydrogen) atoms. The Bertz CT molecular complexity index is 350. The van der Waals surface area contributed by atoms with E-state index in [9.17, 15) is 5.11 Å². The number of aryl methyl sites for hydroxylation is 2. The molecule has 0 amide bonds. The van der Waals surface area contributed by atoms with Gasteiger partial charge in [0.1, 0.15) is 0 Å². The molecular formula is C12H22N2O2S. The normalized spacial score (nSPS) is 14.9. The monoisotopic (exact) mass is 258 g/mol. The lowest BCUT2D eigenvalue weighted by Gasteiger charge is -2.23. The number of methoxy groups -OCH3 is 1. The number of nitrogens with one attached hydrogen (secondary N) is 1. The lowest BCUT2D eigenvalue weighted by molar-refractivity contribution is 0.0248. The molecule has 1 rings (SSSR count). The van der Waals surface area contributed by atoms with E-state index in [2.05, 4.69) is 10.3 Å². The summed E-state index contributed by atoms with van der Waals surface area (Å²) in [6.45, 7) is 7.75. The minimum atomic E-state index is -0.719. The molecule has 1 unspecified atom stereocenters. The van der Waals surface area contributed by atoms with Gasteiger partial charge in [0.15, 0.2) is 0 Å². The van der Waals surface area contributed by atoms with Crippen molar-refractivity contribution in [1.82, 2.24) is 10.3 Å². The molecule has 0 aliphatic heterocycles. The molecule has 1 aromatic heterocycles. The van der Waals surface area contributed by atoms with Crippen LogP contribution in [0.3, 0.4) is 0 Å². The average molecular weight is 258 g/mol. The van der Waals surface area contributed by atoms with Crippen molar-refractivity contribution < 1.29 is 9.84 Å². The van der Waals surface area contributed by atoms with E-state index in [1.54, 1.807) is 18.4 Å². The molecule has 5 heteroatoms. The Morgan fingerprint density at radius 2 is 2.18 bits per heavy atom. The summed E-state index contributed by atoms with van der Waals surface area (Å²) in [5, 5.41) is 14.4. The maximum Gasteiger partial charge on any atom is 0.0900 e. The second kappa shape index (κ2) is 6.44. The molecule has 0 spiro atoms. The third-order valence-electron chi connectivity index (χ3n) is 2.64. The SMILES string of the molecule is COCCC(C)(O)CNCc1sc(C)nc1C. The van der Waals surface area contributed by atoms with Crippen molar-refractivity contribution in [3.63, 3.8) is 0 Å². The van der Waals surface area contributed by atoms with Crippen LogP contribution in [-0.2, 0) is 11.3 Å². The first-order chi connectivity index (χ1) is 7.94. The second-order valence-corrected chi connectivity index (χ2v) is 5.87. The highest BCUT2D eigenvalue weighted by atomic mass is 32.1. The zero-order valence-electron chi connectivity index (χ0n) is 11.0. The first kappa shape index (κ1) is 14.6. The first-order valence-electron chi connectivity index (χ1n) is 5.79. The van der Waals surface area contributed by atoms with Crippen molar-refractivity contribution in [2.45, 2.75) is 39.3 Å². The summed E-state index contributed by atoms with van der Waals surface area (Å²) in [5.41, 5.74) is 0.362. The molecule has 1 atom stereocenters. The van der Waals surface area contributed by atoms with Crippen LogP contribution in [-0.4, -0.2) is 36.0 Å². The summed E-state index contributed by atoms with van der Waals surface area (Å²) in [5.74, 6) is 0. The van der Waals surface area contributed by atoms with Crippen LogP contribution < -0.4 is 5.32 Å². The highest BCUT2D eigenvalue weighted by molar-refractivity contribution is 7.11. The molecule has 0 fully saturated rings. The van der Waals surface area contributed by atoms with Gasteiger partial charge in [-0.05, 0) is 20.8 Å². The number of aromatic nitrogens is 1. The van der Waals surface area contributed by atoms with E-state index < -0.39 is 5.60 Å². The van der Waals surface area contributed by atoms with Crippen molar-refractivity contribution in [3.8, 4) is 0 Å². The molecule has 0 bridgehead atoms. The third kappa shape index (κ3) is 5.12. The van der Waals surface area contributed by atoms with Gasteiger partial charge in [0.05, 0.1) is 16.3 Å². The Kier molecular flexibility index (Phi) is 5.52. The third-order valence-corrected chi connectivity index (χ3v) is 3.71. The van der Waals surface area contributed by atoms with Gasteiger partial charge in [-0.2, -0.15) is 0 Å². The van der Waals surface area contributed by atoms with Crippen LogP contribution >= 0.6 is 11.3 Å². The van der Waals surface area contributed by atoms with E-state index in [-0.39, 0.29) is 0 Å². The van der Waals surface area contributed by atoms with Crippen molar-refractivity contribution in [2.75, 3.05) is 20.3 Å². The van der Waals surface area contributed by atoms with E-state index in [4.69, 9.17) is 4.74 Å². The molecule has 98 valence electrons. The quantitative estimate of drug-likeness (QED) is 0.780. The van der Waals surface area contributed by atoms with E-state index in [1.165, 1.54) is 4.88 Å². The summed E-state index contributed by atoms with van der Waals surface area (Å²) in [6, 6.07) is 0. The van der Waals surface area contributed by atoms with Gasteiger partial charge >= 0.3 is 0 Å². The van der Waals surface area contributed by atoms with Crippen molar-refractivity contribution in [3.05, 3.63) is 15.6 Å². The first-order valence-corrected chi connectivity index (χ1v) is 6.61. The Morgan fingerprint density at radius 1 is 1.47 bits per heavy atom. The Labute approximate surface area is 107 Å². The number of thiazole rings is 1. The Balaban J connectivity index is 2.34. The van der Waals surface area contributed by atoms with Gasteiger partial charge in [0.25, 0.3) is 0 Å². The largest absolute Gasteiger partial charge is 0.389 e. The standard InChI is InChI=1S/C12H22N2O2S/c1-9-11(17-10(2)14-9)7-13-8-12(3,15)5-6-16-4/h13,15H,5-8H2,1-4H3. The van der Waals surface area contributed by atoms with Gasteiger partial charge in [-0.3, -0.25) is 0 Å². The molecule has 1 heterocycles. The van der Waals surface area contributed by atoms with Crippen LogP contribution in [0.5, 0.6) is 0 Å². The number of nitrogens with zero attached hydrogens (tertiary/aromatic N) is 1. The van der Waals surface area contributed by atoms with Crippen LogP contribution in [0.1, 0.15) is 28.9 Å². The molecule has 1 aromatic rings. The Hall–Kier alpha value is -0.490. The number of ether oxygens (including phenoxy) is 1. The van der Waals surface area contributed by atoms with Crippen LogP contribution in [0.25, 0.3) is 0 Å². The minimum Gasteiger partial charge on any atom is -0.389 e. The second-order valence-electron chi connectivity index (χ2n) is 4.58. The summed E-state index contributed by atoms with van der Waals surface area (Å²) in [7, 11) is 1.65. The van der Waals surface area contributed by atoms with Crippen LogP contribution in [0.15, 0.2) is 0 Å². The fraction of sp³-hybridized carbons (Fsp3) is 0.750. The van der Waals surface area contributed by atoms with Crippen molar-refractivity contribution in [2.24, 2.45) is 0 Å². The predicted octanol–water partition coefficient (Wildman–Crippen LogP) is 1.64. The topological polar surface area (TPSA) is 54.4 Å². The lowest BCUT2D eigenvalue weighted by Crippen LogP contribution is -2.38. The number of rotatable bonds is 7. The summed E-state index contributed by atoms with van der Waals surface area (Å²) >= 11 is 1.70. The summed E-state index contributed by atoms with van der Waals surface area (Å²) in [4.78, 5) is 5.61. The maximum atomic E-state index is 10.0. The molecule has 0 saturated carbocycles. The smallest absolute Gasteiger partial charge is 0.0900 e. The maximum absolute atomic E-state index is 10.0. The zero-order valence-corrected chi connectivity index (χ0v) is 11.9. The van der Waals surface area contributed by atoms with Crippen LogP contribution in [0.4, 0.5) is 0 Å². The highest BCUT2D eigenvalue weighted by Crippen LogP contribution is 2.17. The Morgan fingerprint density at radius 3 is 2.71 bits per heavy atom. The van der Waals surface area contributed by atoms with Crippen molar-refractivity contribution >= 4 is 11.3 Å². The summed E-state index contributed by atoms with van der Waals surface area (Å²) in [6.07, 6.45) is 0.636. The number of hydrogen-bond donors (Lipinski definition) is 2. The fourth-order valence-electron chi connectivity index (χ4n) is 1.59. The average Bonchev–Trinajstić information content (AvgIpc) is 2.55. The van der Waals surface area contributed by atoms with Gasteiger partial charge in [0.2, 0.25) is 0 Å². The number of hydrogen-bond acceptors (Lipinski definition) is 5. The van der Waals surface area contributed by atoms with Crippen molar-refractivity contribution in [1.29, 1.82) is 0 Å². The van der Waals surface area contributed by atoms with Gasteiger partial charge in [-0.25, -0.2) is 4.98 Å². The predicted molar refractivity (Wildman–Crippen MR) is 70.4 cm³/mol. The molecule has 2 N–H and O–H groups in total. The molecule has 0 aliphatic carbocycles. The molecular weight excluding hydrogens is 236 g/mol. The van der Waals surface area contributed by atoms with Gasteiger partial charge < -0.3 is 15.2 Å². The fourth-order valence-corrected chi connectivity index (χ4v) is 2.50. The summed E-state index contributed by atoms with van der Waals surface area (Å²) < 4.78 is 4.97.